The fourth-order valence-electron chi connectivity index (χ4n) is 6.66. The molecule has 154 valence electrons. The van der Waals surface area contributed by atoms with E-state index in [0.29, 0.717) is 19.3 Å². The molecule has 1 heterocycles. The summed E-state index contributed by atoms with van der Waals surface area (Å²) >= 11 is 0. The molecule has 0 bridgehead atoms. The van der Waals surface area contributed by atoms with E-state index in [9.17, 15) is 24.3 Å². The molecular formula is C20H26O8. The highest BCUT2D eigenvalue weighted by atomic mass is 16.6. The van der Waals surface area contributed by atoms with E-state index in [0.717, 1.165) is 0 Å². The highest BCUT2D eigenvalue weighted by molar-refractivity contribution is 6.02. The number of hydrogen-bond acceptors (Lipinski definition) is 8. The molecule has 7 atom stereocenters. The number of hydrogen-bond donors (Lipinski definition) is 1. The van der Waals surface area contributed by atoms with Crippen molar-refractivity contribution in [1.29, 1.82) is 0 Å². The third-order valence-corrected chi connectivity index (χ3v) is 8.00. The van der Waals surface area contributed by atoms with Crippen molar-refractivity contribution in [2.24, 2.45) is 34.5 Å². The van der Waals surface area contributed by atoms with Gasteiger partial charge in [0, 0.05) is 12.3 Å². The van der Waals surface area contributed by atoms with Gasteiger partial charge in [0.1, 0.15) is 17.8 Å². The molecule has 28 heavy (non-hydrogen) atoms. The molecule has 3 aliphatic carbocycles. The minimum absolute atomic E-state index is 0.0312. The number of carbonyl (C=O) groups excluding carboxylic acids is 4. The molecule has 3 saturated carbocycles. The van der Waals surface area contributed by atoms with E-state index in [1.54, 1.807) is 0 Å². The molecular weight excluding hydrogens is 368 g/mol. The fraction of sp³-hybridized carbons (Fsp3) is 0.800. The van der Waals surface area contributed by atoms with Gasteiger partial charge in [0.25, 0.3) is 0 Å². The maximum atomic E-state index is 12.6. The third kappa shape index (κ3) is 2.27. The topological polar surface area (TPSA) is 116 Å². The van der Waals surface area contributed by atoms with Gasteiger partial charge in [-0.15, -0.1) is 0 Å². The van der Waals surface area contributed by atoms with E-state index in [4.69, 9.17) is 14.2 Å². The van der Waals surface area contributed by atoms with Gasteiger partial charge in [0.2, 0.25) is 0 Å². The summed E-state index contributed by atoms with van der Waals surface area (Å²) in [4.78, 5) is 49.9. The molecule has 4 rings (SSSR count). The van der Waals surface area contributed by atoms with Crippen LogP contribution in [0.4, 0.5) is 0 Å². The Kier molecular flexibility index (Phi) is 4.34. The summed E-state index contributed by atoms with van der Waals surface area (Å²) < 4.78 is 15.3. The number of aliphatic hydroxyl groups is 1. The Morgan fingerprint density at radius 2 is 1.79 bits per heavy atom. The Hall–Kier alpha value is -1.96. The van der Waals surface area contributed by atoms with Crippen LogP contribution in [0.3, 0.4) is 0 Å². The maximum Gasteiger partial charge on any atom is 0.323 e. The first-order valence-electron chi connectivity index (χ1n) is 9.79. The average molecular weight is 394 g/mol. The molecule has 4 fully saturated rings. The number of Topliss-reactive ketones (excluding diaryl/α,β-unsaturated/α-hetero) is 1. The summed E-state index contributed by atoms with van der Waals surface area (Å²) in [6.07, 6.45) is -0.0970. The van der Waals surface area contributed by atoms with Crippen molar-refractivity contribution in [2.75, 3.05) is 14.2 Å². The van der Waals surface area contributed by atoms with E-state index in [1.165, 1.54) is 14.2 Å². The minimum Gasteiger partial charge on any atom is -0.468 e. The first-order valence-corrected chi connectivity index (χ1v) is 9.79. The number of aliphatic hydroxyl groups excluding tert-OH is 1. The van der Waals surface area contributed by atoms with Crippen molar-refractivity contribution >= 4 is 23.7 Å². The van der Waals surface area contributed by atoms with Crippen molar-refractivity contribution < 1.29 is 38.5 Å². The van der Waals surface area contributed by atoms with Crippen molar-refractivity contribution in [2.45, 2.75) is 51.2 Å². The van der Waals surface area contributed by atoms with Gasteiger partial charge in [0.05, 0.1) is 20.3 Å². The maximum absolute atomic E-state index is 12.6. The van der Waals surface area contributed by atoms with Crippen LogP contribution in [0.2, 0.25) is 0 Å². The molecule has 8 nitrogen and oxygen atoms in total. The van der Waals surface area contributed by atoms with E-state index in [1.807, 2.05) is 0 Å². The monoisotopic (exact) mass is 394 g/mol. The lowest BCUT2D eigenvalue weighted by molar-refractivity contribution is -0.201. The summed E-state index contributed by atoms with van der Waals surface area (Å²) in [5.74, 6) is -3.65. The largest absolute Gasteiger partial charge is 0.468 e. The Labute approximate surface area is 162 Å². The van der Waals surface area contributed by atoms with Crippen LogP contribution in [0.1, 0.15) is 39.0 Å². The fourth-order valence-corrected chi connectivity index (χ4v) is 6.66. The molecule has 1 N–H and O–H groups in total. The van der Waals surface area contributed by atoms with Crippen LogP contribution in [-0.2, 0) is 33.4 Å². The van der Waals surface area contributed by atoms with Gasteiger partial charge in [-0.05, 0) is 42.9 Å². The Balaban J connectivity index is 1.75. The van der Waals surface area contributed by atoms with E-state index in [-0.39, 0.29) is 35.9 Å². The van der Waals surface area contributed by atoms with Crippen LogP contribution in [0.15, 0.2) is 0 Å². The van der Waals surface area contributed by atoms with Gasteiger partial charge in [-0.25, -0.2) is 0 Å². The third-order valence-electron chi connectivity index (χ3n) is 8.00. The number of ether oxygens (including phenoxy) is 3. The summed E-state index contributed by atoms with van der Waals surface area (Å²) in [5.41, 5.74) is -1.85. The van der Waals surface area contributed by atoms with Crippen molar-refractivity contribution in [3.8, 4) is 0 Å². The summed E-state index contributed by atoms with van der Waals surface area (Å²) in [5, 5.41) is 11.1. The average Bonchev–Trinajstić information content (AvgIpc) is 3.06. The van der Waals surface area contributed by atoms with Gasteiger partial charge in [0.15, 0.2) is 5.41 Å². The minimum atomic E-state index is -1.47. The van der Waals surface area contributed by atoms with Crippen LogP contribution >= 0.6 is 0 Å². The van der Waals surface area contributed by atoms with Gasteiger partial charge in [-0.2, -0.15) is 0 Å². The highest BCUT2D eigenvalue weighted by Gasteiger charge is 2.70. The molecule has 1 saturated heterocycles. The summed E-state index contributed by atoms with van der Waals surface area (Å²) in [6.45, 7) is 2.05. The lowest BCUT2D eigenvalue weighted by atomic mass is 9.44. The van der Waals surface area contributed by atoms with Gasteiger partial charge in [-0.3, -0.25) is 19.2 Å². The number of methoxy groups -OCH3 is 2. The first kappa shape index (κ1) is 19.4. The second-order valence-electron chi connectivity index (χ2n) is 8.95. The molecule has 0 radical (unpaired) electrons. The van der Waals surface area contributed by atoms with Crippen molar-refractivity contribution in [1.82, 2.24) is 0 Å². The predicted molar refractivity (Wildman–Crippen MR) is 92.5 cm³/mol. The zero-order valence-corrected chi connectivity index (χ0v) is 16.3. The molecule has 8 heteroatoms. The second kappa shape index (κ2) is 6.27. The standard InChI is InChI=1S/C20H26O8/c1-19-6-5-11(21)12-13(19)15(28-16(12)23)14(22)9-8-20(17(24)26-2,18(25)27-3)7-4-10(9)19/h9-10,12-15,22H,4-8H2,1-3H3/t9-,10-,12+,13-,14-,15+,19-/m1/s1. The quantitative estimate of drug-likeness (QED) is 0.412. The van der Waals surface area contributed by atoms with Crippen molar-refractivity contribution in [3.63, 3.8) is 0 Å². The summed E-state index contributed by atoms with van der Waals surface area (Å²) in [6, 6.07) is 0. The number of fused-ring (bicyclic) bond motifs is 2. The second-order valence-corrected chi connectivity index (χ2v) is 8.95. The normalized spacial score (nSPS) is 43.4. The van der Waals surface area contributed by atoms with Crippen LogP contribution in [-0.4, -0.2) is 55.2 Å². The Bertz CT molecular complexity index is 728. The lowest BCUT2D eigenvalue weighted by Crippen LogP contribution is -2.63. The van der Waals surface area contributed by atoms with Crippen LogP contribution in [0, 0.1) is 34.5 Å². The number of esters is 3. The molecule has 0 aromatic carbocycles. The predicted octanol–water partition coefficient (Wildman–Crippen LogP) is 0.637. The van der Waals surface area contributed by atoms with Crippen LogP contribution in [0.25, 0.3) is 0 Å². The molecule has 0 aromatic rings. The molecule has 4 aliphatic rings. The van der Waals surface area contributed by atoms with E-state index in [2.05, 4.69) is 6.92 Å². The molecule has 0 amide bonds. The molecule has 0 spiro atoms. The van der Waals surface area contributed by atoms with Gasteiger partial charge in [-0.1, -0.05) is 6.92 Å². The molecule has 0 unspecified atom stereocenters. The SMILES string of the molecule is COC(=O)C1(C(=O)OC)CC[C@@H]2[C@@H](C1)[C@@H](O)[C@H]1OC(=O)[C@H]3C(=O)CC[C@@]2(C)[C@H]31. The zero-order chi connectivity index (χ0) is 20.4. The number of carbonyl (C=O) groups is 4. The first-order chi connectivity index (χ1) is 13.2. The van der Waals surface area contributed by atoms with Crippen molar-refractivity contribution in [3.05, 3.63) is 0 Å². The van der Waals surface area contributed by atoms with Crippen LogP contribution in [0.5, 0.6) is 0 Å². The van der Waals surface area contributed by atoms with Gasteiger partial charge >= 0.3 is 17.9 Å². The molecule has 0 aromatic heterocycles. The van der Waals surface area contributed by atoms with E-state index >= 15 is 0 Å². The Morgan fingerprint density at radius 3 is 2.39 bits per heavy atom. The zero-order valence-electron chi connectivity index (χ0n) is 16.3. The van der Waals surface area contributed by atoms with E-state index < -0.39 is 47.4 Å². The van der Waals surface area contributed by atoms with Gasteiger partial charge < -0.3 is 19.3 Å². The van der Waals surface area contributed by atoms with Crippen LogP contribution < -0.4 is 0 Å². The lowest BCUT2D eigenvalue weighted by Gasteiger charge is -2.59. The smallest absolute Gasteiger partial charge is 0.323 e. The highest BCUT2D eigenvalue weighted by Crippen LogP contribution is 2.64. The summed E-state index contributed by atoms with van der Waals surface area (Å²) in [7, 11) is 2.45. The molecule has 1 aliphatic heterocycles. The Morgan fingerprint density at radius 1 is 1.14 bits per heavy atom. The number of rotatable bonds is 2. The number of ketones is 1.